The molecule has 0 saturated heterocycles. The molecule has 3 heteroatoms. The summed E-state index contributed by atoms with van der Waals surface area (Å²) in [5.74, 6) is 6.53. The summed E-state index contributed by atoms with van der Waals surface area (Å²) < 4.78 is 5.82. The first-order valence-electron chi connectivity index (χ1n) is 6.93. The van der Waals surface area contributed by atoms with Crippen molar-refractivity contribution in [3.63, 3.8) is 0 Å². The minimum Gasteiger partial charge on any atom is -0.487 e. The molecule has 0 unspecified atom stereocenters. The summed E-state index contributed by atoms with van der Waals surface area (Å²) in [4.78, 5) is 4.13. The van der Waals surface area contributed by atoms with Gasteiger partial charge < -0.3 is 9.84 Å². The summed E-state index contributed by atoms with van der Waals surface area (Å²) in [5.41, 5.74) is 4.44. The van der Waals surface area contributed by atoms with Crippen molar-refractivity contribution < 1.29 is 9.84 Å². The molecule has 1 aromatic carbocycles. The van der Waals surface area contributed by atoms with Crippen molar-refractivity contribution >= 4 is 0 Å². The van der Waals surface area contributed by atoms with Crippen molar-refractivity contribution in [3.05, 3.63) is 58.9 Å². The molecule has 0 aliphatic carbocycles. The number of aliphatic hydroxyl groups excluding tert-OH is 1. The smallest absolute Gasteiger partial charge is 0.139 e. The maximum absolute atomic E-state index is 8.72. The number of benzene rings is 1. The number of rotatable bonds is 4. The van der Waals surface area contributed by atoms with Crippen LogP contribution in [0.2, 0.25) is 0 Å². The lowest BCUT2D eigenvalue weighted by Crippen LogP contribution is -2.01. The zero-order chi connectivity index (χ0) is 15.1. The van der Waals surface area contributed by atoms with Gasteiger partial charge in [0.1, 0.15) is 12.4 Å². The lowest BCUT2D eigenvalue weighted by molar-refractivity contribution is 0.303. The Bertz CT molecular complexity index is 648. The number of aromatic nitrogens is 1. The molecule has 0 aliphatic rings. The van der Waals surface area contributed by atoms with Crippen LogP contribution in [0.4, 0.5) is 0 Å². The molecule has 0 amide bonds. The average molecular weight is 281 g/mol. The summed E-state index contributed by atoms with van der Waals surface area (Å²) in [5, 5.41) is 8.72. The maximum Gasteiger partial charge on any atom is 0.139 e. The van der Waals surface area contributed by atoms with E-state index in [0.29, 0.717) is 18.8 Å². The van der Waals surface area contributed by atoms with Gasteiger partial charge in [-0.3, -0.25) is 4.98 Å². The SMILES string of the molecule is Cc1cccc(C)c1COc1cncc(C#CCCO)c1. The zero-order valence-corrected chi connectivity index (χ0v) is 12.4. The van der Waals surface area contributed by atoms with Gasteiger partial charge in [0.2, 0.25) is 0 Å². The van der Waals surface area contributed by atoms with Crippen molar-refractivity contribution in [3.8, 4) is 17.6 Å². The highest BCUT2D eigenvalue weighted by Gasteiger charge is 2.03. The van der Waals surface area contributed by atoms with Gasteiger partial charge in [-0.1, -0.05) is 30.0 Å². The molecule has 0 radical (unpaired) electrons. The number of nitrogens with zero attached hydrogens (tertiary/aromatic N) is 1. The first-order chi connectivity index (χ1) is 10.2. The Kier molecular flexibility index (Phi) is 5.36. The first-order valence-corrected chi connectivity index (χ1v) is 6.93. The second-order valence-corrected chi connectivity index (χ2v) is 4.84. The van der Waals surface area contributed by atoms with Gasteiger partial charge >= 0.3 is 0 Å². The third-order valence-corrected chi connectivity index (χ3v) is 3.21. The minimum atomic E-state index is 0.0726. The van der Waals surface area contributed by atoms with Gasteiger partial charge in [0.25, 0.3) is 0 Å². The fourth-order valence-electron chi connectivity index (χ4n) is 2.02. The Labute approximate surface area is 125 Å². The predicted octanol–water partition coefficient (Wildman–Crippen LogP) is 3.01. The van der Waals surface area contributed by atoms with Crippen molar-refractivity contribution in [2.24, 2.45) is 0 Å². The van der Waals surface area contributed by atoms with E-state index in [4.69, 9.17) is 9.84 Å². The number of ether oxygens (including phenoxy) is 1. The van der Waals surface area contributed by atoms with Gasteiger partial charge in [0, 0.05) is 18.2 Å². The van der Waals surface area contributed by atoms with E-state index in [9.17, 15) is 0 Å². The van der Waals surface area contributed by atoms with Crippen LogP contribution in [0.1, 0.15) is 28.7 Å². The standard InChI is InChI=1S/C18H19NO2/c1-14-6-5-7-15(2)18(14)13-21-17-10-16(11-19-12-17)8-3-4-9-20/h5-7,10-12,20H,4,9,13H2,1-2H3. The van der Waals surface area contributed by atoms with Gasteiger partial charge in [-0.2, -0.15) is 0 Å². The van der Waals surface area contributed by atoms with E-state index in [0.717, 1.165) is 5.56 Å². The van der Waals surface area contributed by atoms with Gasteiger partial charge in [0.15, 0.2) is 0 Å². The zero-order valence-electron chi connectivity index (χ0n) is 12.4. The quantitative estimate of drug-likeness (QED) is 0.876. The van der Waals surface area contributed by atoms with Gasteiger partial charge in [-0.25, -0.2) is 0 Å². The molecule has 21 heavy (non-hydrogen) atoms. The Balaban J connectivity index is 2.07. The molecule has 0 aliphatic heterocycles. The fourth-order valence-corrected chi connectivity index (χ4v) is 2.02. The number of aryl methyl sites for hydroxylation is 2. The molecule has 1 aromatic heterocycles. The van der Waals surface area contributed by atoms with Gasteiger partial charge in [-0.05, 0) is 36.6 Å². The number of aliphatic hydroxyl groups is 1. The van der Waals surface area contributed by atoms with Crippen molar-refractivity contribution in [1.29, 1.82) is 0 Å². The summed E-state index contributed by atoms with van der Waals surface area (Å²) in [6.45, 7) is 4.76. The summed E-state index contributed by atoms with van der Waals surface area (Å²) in [6, 6.07) is 8.08. The van der Waals surface area contributed by atoms with Crippen LogP contribution in [0.5, 0.6) is 5.75 Å². The lowest BCUT2D eigenvalue weighted by Gasteiger charge is -2.11. The Hall–Kier alpha value is -2.31. The lowest BCUT2D eigenvalue weighted by atomic mass is 10.0. The molecule has 0 spiro atoms. The molecule has 0 bridgehead atoms. The third-order valence-electron chi connectivity index (χ3n) is 3.21. The van der Waals surface area contributed by atoms with Crippen molar-refractivity contribution in [1.82, 2.24) is 4.98 Å². The Morgan fingerprint density at radius 3 is 2.67 bits per heavy atom. The highest BCUT2D eigenvalue weighted by atomic mass is 16.5. The predicted molar refractivity (Wildman–Crippen MR) is 83.1 cm³/mol. The minimum absolute atomic E-state index is 0.0726. The second kappa shape index (κ2) is 7.47. The average Bonchev–Trinajstić information content (AvgIpc) is 2.47. The molecule has 1 heterocycles. The van der Waals surface area contributed by atoms with Crippen LogP contribution < -0.4 is 4.74 Å². The molecule has 0 saturated carbocycles. The molecule has 3 nitrogen and oxygen atoms in total. The molecular weight excluding hydrogens is 262 g/mol. The maximum atomic E-state index is 8.72. The normalized spacial score (nSPS) is 9.86. The molecular formula is C18H19NO2. The largest absolute Gasteiger partial charge is 0.487 e. The van der Waals surface area contributed by atoms with Crippen LogP contribution in [0.15, 0.2) is 36.7 Å². The third kappa shape index (κ3) is 4.34. The summed E-state index contributed by atoms with van der Waals surface area (Å²) >= 11 is 0. The second-order valence-electron chi connectivity index (χ2n) is 4.84. The highest BCUT2D eigenvalue weighted by Crippen LogP contribution is 2.17. The Morgan fingerprint density at radius 1 is 1.19 bits per heavy atom. The summed E-state index contributed by atoms with van der Waals surface area (Å²) in [7, 11) is 0. The van der Waals surface area contributed by atoms with Gasteiger partial charge in [-0.15, -0.1) is 0 Å². The van der Waals surface area contributed by atoms with Crippen LogP contribution >= 0.6 is 0 Å². The molecule has 2 rings (SSSR count). The van der Waals surface area contributed by atoms with Crippen LogP contribution in [-0.2, 0) is 6.61 Å². The van der Waals surface area contributed by atoms with Crippen LogP contribution in [0.3, 0.4) is 0 Å². The Morgan fingerprint density at radius 2 is 1.95 bits per heavy atom. The molecule has 1 N–H and O–H groups in total. The van der Waals surface area contributed by atoms with Crippen LogP contribution in [0.25, 0.3) is 0 Å². The van der Waals surface area contributed by atoms with Crippen LogP contribution in [0, 0.1) is 25.7 Å². The summed E-state index contributed by atoms with van der Waals surface area (Å²) in [6.07, 6.45) is 3.84. The van der Waals surface area contributed by atoms with Gasteiger partial charge in [0.05, 0.1) is 12.8 Å². The molecule has 2 aromatic rings. The van der Waals surface area contributed by atoms with Crippen LogP contribution in [-0.4, -0.2) is 16.7 Å². The monoisotopic (exact) mass is 281 g/mol. The molecule has 0 atom stereocenters. The molecule has 108 valence electrons. The van der Waals surface area contributed by atoms with E-state index >= 15 is 0 Å². The number of pyridine rings is 1. The van der Waals surface area contributed by atoms with Crippen molar-refractivity contribution in [2.75, 3.05) is 6.61 Å². The highest BCUT2D eigenvalue weighted by molar-refractivity contribution is 5.37. The van der Waals surface area contributed by atoms with Crippen molar-refractivity contribution in [2.45, 2.75) is 26.9 Å². The van der Waals surface area contributed by atoms with E-state index in [2.05, 4.69) is 42.8 Å². The van der Waals surface area contributed by atoms with E-state index in [-0.39, 0.29) is 6.61 Å². The van der Waals surface area contributed by atoms with E-state index in [1.165, 1.54) is 16.7 Å². The topological polar surface area (TPSA) is 42.4 Å². The first kappa shape index (κ1) is 15.1. The van der Waals surface area contributed by atoms with E-state index in [1.54, 1.807) is 12.4 Å². The number of hydrogen-bond donors (Lipinski definition) is 1. The molecule has 0 fully saturated rings. The van der Waals surface area contributed by atoms with E-state index in [1.807, 2.05) is 12.1 Å². The fraction of sp³-hybridized carbons (Fsp3) is 0.278. The number of hydrogen-bond acceptors (Lipinski definition) is 3. The van der Waals surface area contributed by atoms with E-state index < -0.39 is 0 Å².